The van der Waals surface area contributed by atoms with Crippen LogP contribution in [0, 0.1) is 11.7 Å². The van der Waals surface area contributed by atoms with Crippen molar-refractivity contribution in [3.63, 3.8) is 0 Å². The van der Waals surface area contributed by atoms with E-state index in [1.54, 1.807) is 4.90 Å². The average molecular weight is 705 g/mol. The second-order valence-corrected chi connectivity index (χ2v) is 13.7. The summed E-state index contributed by atoms with van der Waals surface area (Å²) in [4.78, 5) is 49.0. The molecule has 12 heteroatoms. The minimum atomic E-state index is -1.27. The second-order valence-electron chi connectivity index (χ2n) is 13.7. The summed E-state index contributed by atoms with van der Waals surface area (Å²) in [6.07, 6.45) is 2.28. The van der Waals surface area contributed by atoms with Gasteiger partial charge in [-0.25, -0.2) is 9.37 Å². The Kier molecular flexibility index (Phi) is 9.65. The first kappa shape index (κ1) is 34.7. The number of carbonyl (C=O) groups excluding carboxylic acids is 2. The summed E-state index contributed by atoms with van der Waals surface area (Å²) in [6, 6.07) is 28.9. The van der Waals surface area contributed by atoms with Gasteiger partial charge in [-0.1, -0.05) is 60.7 Å². The SMILES string of the molecule is Cn1c(C(=O)N2CC[C@@H](C(=O)N3CCC(O)(Cn4cnc(Oc5ccc(F)cc5)c(N)c4=O)CC3)[C@H](c3ccccc3)C2)ccc1-c1ccccc1. The zero-order chi connectivity index (χ0) is 36.4. The number of piperidine rings is 2. The van der Waals surface area contributed by atoms with E-state index in [4.69, 9.17) is 10.5 Å². The van der Waals surface area contributed by atoms with E-state index >= 15 is 0 Å². The van der Waals surface area contributed by atoms with Crippen LogP contribution in [0.5, 0.6) is 11.6 Å². The summed E-state index contributed by atoms with van der Waals surface area (Å²) in [5.41, 5.74) is 7.56. The van der Waals surface area contributed by atoms with E-state index in [1.807, 2.05) is 89.3 Å². The molecule has 2 amide bonds. The highest BCUT2D eigenvalue weighted by Crippen LogP contribution is 2.36. The Morgan fingerprint density at radius 3 is 2.29 bits per heavy atom. The molecule has 0 unspecified atom stereocenters. The Labute approximate surface area is 300 Å². The van der Waals surface area contributed by atoms with Crippen LogP contribution in [0.3, 0.4) is 0 Å². The van der Waals surface area contributed by atoms with Crippen molar-refractivity contribution in [1.82, 2.24) is 23.9 Å². The first-order chi connectivity index (χ1) is 25.1. The number of aliphatic hydroxyl groups is 1. The number of hydrogen-bond donors (Lipinski definition) is 2. The smallest absolute Gasteiger partial charge is 0.280 e. The minimum Gasteiger partial charge on any atom is -0.437 e. The summed E-state index contributed by atoms with van der Waals surface area (Å²) in [7, 11) is 1.90. The molecule has 3 aromatic carbocycles. The number of hydrogen-bond acceptors (Lipinski definition) is 7. The number of likely N-dealkylation sites (tertiary alicyclic amines) is 2. The standard InChI is InChI=1S/C40H41FN6O5/c1-44-33(28-10-6-3-7-11-28)16-17-34(44)38(49)46-21-18-31(32(24-46)27-8-4-2-5-9-27)37(48)45-22-19-40(51,20-23-45)25-47-26-43-36(35(42)39(47)50)52-30-14-12-29(41)13-15-30/h2-17,26,31-32,51H,18-25,42H2,1H3/t31-,32+/m1/s1. The fraction of sp³-hybridized carbons (Fsp3) is 0.300. The number of aromatic nitrogens is 3. The zero-order valence-electron chi connectivity index (χ0n) is 28.9. The number of benzene rings is 3. The Morgan fingerprint density at radius 1 is 0.923 bits per heavy atom. The molecular weight excluding hydrogens is 663 g/mol. The minimum absolute atomic E-state index is 0.00129. The number of nitrogens with zero attached hydrogens (tertiary/aromatic N) is 5. The van der Waals surface area contributed by atoms with Gasteiger partial charge in [0, 0.05) is 50.8 Å². The third-order valence-electron chi connectivity index (χ3n) is 10.4. The number of nitrogens with two attached hydrogens (primary N) is 1. The fourth-order valence-electron chi connectivity index (χ4n) is 7.41. The maximum atomic E-state index is 14.2. The van der Waals surface area contributed by atoms with Gasteiger partial charge in [-0.05, 0) is 66.8 Å². The molecule has 52 heavy (non-hydrogen) atoms. The van der Waals surface area contributed by atoms with Crippen LogP contribution in [0.25, 0.3) is 11.3 Å². The molecule has 0 radical (unpaired) electrons. The Balaban J connectivity index is 1.02. The molecule has 7 rings (SSSR count). The molecular formula is C40H41FN6O5. The molecule has 0 bridgehead atoms. The van der Waals surface area contributed by atoms with Gasteiger partial charge < -0.3 is 29.9 Å². The van der Waals surface area contributed by atoms with Crippen molar-refractivity contribution in [2.45, 2.75) is 37.3 Å². The number of ether oxygens (including phenoxy) is 1. The third-order valence-corrected chi connectivity index (χ3v) is 10.4. The van der Waals surface area contributed by atoms with Crippen LogP contribution in [-0.2, 0) is 18.4 Å². The van der Waals surface area contributed by atoms with Crippen molar-refractivity contribution in [3.8, 4) is 22.9 Å². The van der Waals surface area contributed by atoms with E-state index in [9.17, 15) is 23.9 Å². The normalized spacial score (nSPS) is 18.6. The number of carbonyl (C=O) groups is 2. The summed E-state index contributed by atoms with van der Waals surface area (Å²) < 4.78 is 22.0. The Bertz CT molecular complexity index is 2110. The molecule has 3 N–H and O–H groups in total. The van der Waals surface area contributed by atoms with Gasteiger partial charge in [-0.15, -0.1) is 0 Å². The monoisotopic (exact) mass is 704 g/mol. The van der Waals surface area contributed by atoms with E-state index < -0.39 is 17.0 Å². The van der Waals surface area contributed by atoms with E-state index in [1.165, 1.54) is 35.2 Å². The quantitative estimate of drug-likeness (QED) is 0.231. The van der Waals surface area contributed by atoms with E-state index in [-0.39, 0.29) is 60.4 Å². The van der Waals surface area contributed by atoms with E-state index in [0.717, 1.165) is 16.8 Å². The molecule has 0 spiro atoms. The van der Waals surface area contributed by atoms with Gasteiger partial charge in [0.05, 0.1) is 12.1 Å². The van der Waals surface area contributed by atoms with Crippen molar-refractivity contribution in [2.75, 3.05) is 31.9 Å². The van der Waals surface area contributed by atoms with E-state index in [0.29, 0.717) is 38.3 Å². The van der Waals surface area contributed by atoms with Gasteiger partial charge in [-0.2, -0.15) is 0 Å². The molecule has 4 heterocycles. The molecule has 2 aromatic heterocycles. The largest absolute Gasteiger partial charge is 0.437 e. The lowest BCUT2D eigenvalue weighted by Crippen LogP contribution is -2.53. The van der Waals surface area contributed by atoms with Gasteiger partial charge in [0.25, 0.3) is 11.5 Å². The van der Waals surface area contributed by atoms with Crippen molar-refractivity contribution in [1.29, 1.82) is 0 Å². The number of halogens is 1. The molecule has 268 valence electrons. The Morgan fingerprint density at radius 2 is 1.60 bits per heavy atom. The highest BCUT2D eigenvalue weighted by atomic mass is 19.1. The molecule has 2 saturated heterocycles. The lowest BCUT2D eigenvalue weighted by Gasteiger charge is -2.43. The summed E-state index contributed by atoms with van der Waals surface area (Å²) in [5, 5.41) is 11.5. The predicted octanol–water partition coefficient (Wildman–Crippen LogP) is 5.06. The fourth-order valence-corrected chi connectivity index (χ4v) is 7.41. The summed E-state index contributed by atoms with van der Waals surface area (Å²) >= 11 is 0. The summed E-state index contributed by atoms with van der Waals surface area (Å²) in [5.74, 6) is -0.885. The highest BCUT2D eigenvalue weighted by molar-refractivity contribution is 5.94. The number of anilines is 1. The van der Waals surface area contributed by atoms with Crippen LogP contribution in [0.15, 0.2) is 108 Å². The molecule has 2 aliphatic heterocycles. The number of rotatable bonds is 8. The molecule has 0 saturated carbocycles. The predicted molar refractivity (Wildman–Crippen MR) is 194 cm³/mol. The molecule has 2 atom stereocenters. The molecule has 2 fully saturated rings. The van der Waals surface area contributed by atoms with Crippen LogP contribution in [-0.4, -0.2) is 72.6 Å². The molecule has 11 nitrogen and oxygen atoms in total. The van der Waals surface area contributed by atoms with Gasteiger partial charge in [0.2, 0.25) is 11.8 Å². The van der Waals surface area contributed by atoms with Gasteiger partial charge in [0.15, 0.2) is 5.69 Å². The first-order valence-electron chi connectivity index (χ1n) is 17.4. The maximum absolute atomic E-state index is 14.2. The lowest BCUT2D eigenvalue weighted by atomic mass is 9.79. The van der Waals surface area contributed by atoms with Crippen molar-refractivity contribution in [2.24, 2.45) is 13.0 Å². The third kappa shape index (κ3) is 7.06. The lowest BCUT2D eigenvalue weighted by molar-refractivity contribution is -0.142. The number of amides is 2. The second kappa shape index (κ2) is 14.5. The summed E-state index contributed by atoms with van der Waals surface area (Å²) in [6.45, 7) is 1.41. The van der Waals surface area contributed by atoms with Crippen molar-refractivity contribution in [3.05, 3.63) is 131 Å². The topological polar surface area (TPSA) is 136 Å². The molecule has 5 aromatic rings. The van der Waals surface area contributed by atoms with Gasteiger partial charge in [-0.3, -0.25) is 19.0 Å². The van der Waals surface area contributed by atoms with Crippen molar-refractivity contribution >= 4 is 17.5 Å². The van der Waals surface area contributed by atoms with Crippen LogP contribution in [0.2, 0.25) is 0 Å². The van der Waals surface area contributed by atoms with E-state index in [2.05, 4.69) is 4.98 Å². The Hall–Kier alpha value is -5.75. The van der Waals surface area contributed by atoms with Crippen molar-refractivity contribution < 1.29 is 23.8 Å². The zero-order valence-corrected chi connectivity index (χ0v) is 28.9. The average Bonchev–Trinajstić information content (AvgIpc) is 3.56. The molecule has 0 aliphatic carbocycles. The van der Waals surface area contributed by atoms with Crippen LogP contribution in [0.4, 0.5) is 10.1 Å². The van der Waals surface area contributed by atoms with Gasteiger partial charge >= 0.3 is 0 Å². The maximum Gasteiger partial charge on any atom is 0.280 e. The molecule has 2 aliphatic rings. The van der Waals surface area contributed by atoms with Crippen LogP contribution < -0.4 is 16.0 Å². The number of nitrogen functional groups attached to an aromatic ring is 1. The van der Waals surface area contributed by atoms with Crippen LogP contribution in [0.1, 0.15) is 41.2 Å². The van der Waals surface area contributed by atoms with Gasteiger partial charge in [0.1, 0.15) is 23.6 Å². The first-order valence-corrected chi connectivity index (χ1v) is 17.4. The van der Waals surface area contributed by atoms with Crippen LogP contribution >= 0.6 is 0 Å². The highest BCUT2D eigenvalue weighted by Gasteiger charge is 2.42.